The number of nitrogens with one attached hydrogen (secondary N) is 3. The molecular weight excluding hydrogens is 378 g/mol. The molecule has 0 spiro atoms. The largest absolute Gasteiger partial charge is 0.484 e. The van der Waals surface area contributed by atoms with E-state index < -0.39 is 0 Å². The molecule has 1 aliphatic heterocycles. The van der Waals surface area contributed by atoms with Crippen molar-refractivity contribution in [3.63, 3.8) is 0 Å². The number of hydrogen-bond donors (Lipinski definition) is 3. The summed E-state index contributed by atoms with van der Waals surface area (Å²) in [5, 5.41) is 8.97. The van der Waals surface area contributed by atoms with Crippen LogP contribution in [0.4, 0.5) is 11.4 Å². The van der Waals surface area contributed by atoms with Crippen molar-refractivity contribution in [2.45, 2.75) is 19.3 Å². The van der Waals surface area contributed by atoms with Gasteiger partial charge in [0.15, 0.2) is 6.61 Å². The standard InChI is InChI=1S/C21H25N3O3.ClH/c25-20(10-9-16-11-12-22-14-16)24-18-7-4-8-19(13-18)27-15-21(26)23-17-5-2-1-3-6-17;/h1-8,13,16,22H,9-12,14-15H2,(H,23,26)(H,24,25);1H. The van der Waals surface area contributed by atoms with Crippen LogP contribution in [0.5, 0.6) is 5.75 Å². The summed E-state index contributed by atoms with van der Waals surface area (Å²) in [6, 6.07) is 16.3. The van der Waals surface area contributed by atoms with E-state index in [-0.39, 0.29) is 30.8 Å². The van der Waals surface area contributed by atoms with Crippen LogP contribution in [0, 0.1) is 5.92 Å². The number of hydrogen-bond acceptors (Lipinski definition) is 4. The van der Waals surface area contributed by atoms with Gasteiger partial charge in [0.05, 0.1) is 0 Å². The van der Waals surface area contributed by atoms with Gasteiger partial charge in [-0.25, -0.2) is 0 Å². The Morgan fingerprint density at radius 2 is 1.75 bits per heavy atom. The maximum Gasteiger partial charge on any atom is 0.262 e. The van der Waals surface area contributed by atoms with Crippen molar-refractivity contribution in [2.24, 2.45) is 5.92 Å². The van der Waals surface area contributed by atoms with Gasteiger partial charge < -0.3 is 20.7 Å². The Morgan fingerprint density at radius 1 is 1.00 bits per heavy atom. The first-order chi connectivity index (χ1) is 13.2. The molecule has 3 rings (SSSR count). The zero-order chi connectivity index (χ0) is 18.9. The summed E-state index contributed by atoms with van der Waals surface area (Å²) in [4.78, 5) is 24.1. The van der Waals surface area contributed by atoms with E-state index in [1.165, 1.54) is 0 Å². The number of anilines is 2. The molecule has 7 heteroatoms. The van der Waals surface area contributed by atoms with E-state index in [9.17, 15) is 9.59 Å². The van der Waals surface area contributed by atoms with Gasteiger partial charge in [-0.1, -0.05) is 24.3 Å². The van der Waals surface area contributed by atoms with Crippen LogP contribution in [0.15, 0.2) is 54.6 Å². The quantitative estimate of drug-likeness (QED) is 0.630. The normalized spacial score (nSPS) is 15.4. The highest BCUT2D eigenvalue weighted by Gasteiger charge is 2.15. The van der Waals surface area contributed by atoms with Crippen molar-refractivity contribution in [2.75, 3.05) is 30.3 Å². The molecule has 2 aromatic rings. The zero-order valence-corrected chi connectivity index (χ0v) is 16.5. The van der Waals surface area contributed by atoms with Crippen molar-refractivity contribution < 1.29 is 14.3 Å². The second kappa shape index (κ2) is 11.3. The smallest absolute Gasteiger partial charge is 0.262 e. The Kier molecular flexibility index (Phi) is 8.78. The molecule has 2 aromatic carbocycles. The average molecular weight is 404 g/mol. The van der Waals surface area contributed by atoms with Gasteiger partial charge in [-0.3, -0.25) is 9.59 Å². The molecular formula is C21H26ClN3O3. The number of carbonyl (C=O) groups excluding carboxylic acids is 2. The number of carbonyl (C=O) groups is 2. The monoisotopic (exact) mass is 403 g/mol. The maximum absolute atomic E-state index is 12.1. The molecule has 28 heavy (non-hydrogen) atoms. The van der Waals surface area contributed by atoms with E-state index >= 15 is 0 Å². The Hall–Kier alpha value is -2.57. The van der Waals surface area contributed by atoms with Crippen LogP contribution in [0.2, 0.25) is 0 Å². The van der Waals surface area contributed by atoms with Crippen LogP contribution >= 0.6 is 12.4 Å². The first-order valence-corrected chi connectivity index (χ1v) is 9.27. The average Bonchev–Trinajstić information content (AvgIpc) is 3.20. The van der Waals surface area contributed by atoms with E-state index in [0.29, 0.717) is 23.8 Å². The maximum atomic E-state index is 12.1. The van der Waals surface area contributed by atoms with Crippen molar-refractivity contribution in [3.05, 3.63) is 54.6 Å². The third kappa shape index (κ3) is 7.21. The van der Waals surface area contributed by atoms with Crippen LogP contribution in [-0.2, 0) is 9.59 Å². The highest BCUT2D eigenvalue weighted by molar-refractivity contribution is 5.92. The summed E-state index contributed by atoms with van der Waals surface area (Å²) >= 11 is 0. The molecule has 1 saturated heterocycles. The van der Waals surface area contributed by atoms with Crippen molar-refractivity contribution >= 4 is 35.6 Å². The van der Waals surface area contributed by atoms with Crippen LogP contribution < -0.4 is 20.7 Å². The molecule has 1 unspecified atom stereocenters. The lowest BCUT2D eigenvalue weighted by Crippen LogP contribution is -2.20. The van der Waals surface area contributed by atoms with E-state index in [1.54, 1.807) is 18.2 Å². The van der Waals surface area contributed by atoms with E-state index in [1.807, 2.05) is 36.4 Å². The number of amides is 2. The van der Waals surface area contributed by atoms with E-state index in [4.69, 9.17) is 4.74 Å². The lowest BCUT2D eigenvalue weighted by molar-refractivity contribution is -0.118. The Morgan fingerprint density at radius 3 is 2.50 bits per heavy atom. The molecule has 0 bridgehead atoms. The molecule has 150 valence electrons. The Balaban J connectivity index is 0.00000280. The van der Waals surface area contributed by atoms with Crippen LogP contribution in [0.1, 0.15) is 19.3 Å². The summed E-state index contributed by atoms with van der Waals surface area (Å²) < 4.78 is 5.53. The molecule has 2 amide bonds. The number of ether oxygens (including phenoxy) is 1. The van der Waals surface area contributed by atoms with Gasteiger partial charge in [0.1, 0.15) is 5.75 Å². The lowest BCUT2D eigenvalue weighted by Gasteiger charge is -2.11. The first-order valence-electron chi connectivity index (χ1n) is 9.27. The molecule has 0 saturated carbocycles. The molecule has 1 aliphatic rings. The molecule has 0 aromatic heterocycles. The summed E-state index contributed by atoms with van der Waals surface area (Å²) in [5.74, 6) is 0.895. The fourth-order valence-corrected chi connectivity index (χ4v) is 3.05. The molecule has 0 radical (unpaired) electrons. The van der Waals surface area contributed by atoms with Crippen molar-refractivity contribution in [1.29, 1.82) is 0 Å². The van der Waals surface area contributed by atoms with Crippen LogP contribution in [0.25, 0.3) is 0 Å². The number of benzene rings is 2. The van der Waals surface area contributed by atoms with Gasteiger partial charge >= 0.3 is 0 Å². The Bertz CT molecular complexity index is 765. The minimum absolute atomic E-state index is 0. The fourth-order valence-electron chi connectivity index (χ4n) is 3.05. The molecule has 1 fully saturated rings. The SMILES string of the molecule is Cl.O=C(CCC1CCNC1)Nc1cccc(OCC(=O)Nc2ccccc2)c1. The van der Waals surface area contributed by atoms with E-state index in [0.717, 1.165) is 31.6 Å². The minimum atomic E-state index is -0.235. The second-order valence-corrected chi connectivity index (χ2v) is 6.68. The van der Waals surface area contributed by atoms with Crippen LogP contribution in [-0.4, -0.2) is 31.5 Å². The Labute approximate surface area is 171 Å². The first kappa shape index (κ1) is 21.7. The number of halogens is 1. The van der Waals surface area contributed by atoms with Crippen molar-refractivity contribution in [1.82, 2.24) is 5.32 Å². The van der Waals surface area contributed by atoms with Gasteiger partial charge in [-0.05, 0) is 56.1 Å². The van der Waals surface area contributed by atoms with Gasteiger partial charge in [0, 0.05) is 23.9 Å². The zero-order valence-electron chi connectivity index (χ0n) is 15.6. The highest BCUT2D eigenvalue weighted by atomic mass is 35.5. The molecule has 1 heterocycles. The fraction of sp³-hybridized carbons (Fsp3) is 0.333. The number of para-hydroxylation sites is 1. The summed E-state index contributed by atoms with van der Waals surface area (Å²) in [5.41, 5.74) is 1.40. The van der Waals surface area contributed by atoms with Crippen LogP contribution in [0.3, 0.4) is 0 Å². The predicted molar refractivity (Wildman–Crippen MR) is 113 cm³/mol. The summed E-state index contributed by atoms with van der Waals surface area (Å²) in [6.45, 7) is 1.95. The van der Waals surface area contributed by atoms with Gasteiger partial charge in [0.2, 0.25) is 5.91 Å². The summed E-state index contributed by atoms with van der Waals surface area (Å²) in [6.07, 6.45) is 2.55. The lowest BCUT2D eigenvalue weighted by atomic mass is 10.0. The minimum Gasteiger partial charge on any atom is -0.484 e. The topological polar surface area (TPSA) is 79.5 Å². The molecule has 6 nitrogen and oxygen atoms in total. The third-order valence-electron chi connectivity index (χ3n) is 4.49. The highest BCUT2D eigenvalue weighted by Crippen LogP contribution is 2.19. The third-order valence-corrected chi connectivity index (χ3v) is 4.49. The number of rotatable bonds is 8. The predicted octanol–water partition coefficient (Wildman–Crippen LogP) is 3.45. The van der Waals surface area contributed by atoms with Gasteiger partial charge in [-0.2, -0.15) is 0 Å². The summed E-state index contributed by atoms with van der Waals surface area (Å²) in [7, 11) is 0. The molecule has 0 aliphatic carbocycles. The van der Waals surface area contributed by atoms with Gasteiger partial charge in [0.25, 0.3) is 5.91 Å². The molecule has 3 N–H and O–H groups in total. The van der Waals surface area contributed by atoms with Crippen molar-refractivity contribution in [3.8, 4) is 5.75 Å². The van der Waals surface area contributed by atoms with Gasteiger partial charge in [-0.15, -0.1) is 12.4 Å². The second-order valence-electron chi connectivity index (χ2n) is 6.68. The van der Waals surface area contributed by atoms with E-state index in [2.05, 4.69) is 16.0 Å². The molecule has 1 atom stereocenters.